The number of amides is 1. The van der Waals surface area contributed by atoms with Crippen molar-refractivity contribution in [1.82, 2.24) is 0 Å². The van der Waals surface area contributed by atoms with Crippen molar-refractivity contribution < 1.29 is 9.21 Å². The molecule has 0 aliphatic heterocycles. The largest absolute Gasteiger partial charge is 0.438 e. The molecule has 15 heavy (non-hydrogen) atoms. The Hall–Kier alpha value is -2.10. The molecule has 0 spiro atoms. The molecule has 0 saturated carbocycles. The highest BCUT2D eigenvalue weighted by atomic mass is 16.3. The van der Waals surface area contributed by atoms with Crippen LogP contribution in [0.25, 0.3) is 11.0 Å². The van der Waals surface area contributed by atoms with Crippen LogP contribution in [-0.2, 0) is 0 Å². The van der Waals surface area contributed by atoms with Crippen LogP contribution in [0.4, 0.5) is 0 Å². The monoisotopic (exact) mass is 202 g/mol. The predicted molar refractivity (Wildman–Crippen MR) is 55.3 cm³/mol. The molecule has 1 aromatic carbocycles. The number of benzene rings is 1. The van der Waals surface area contributed by atoms with Crippen LogP contribution < -0.4 is 11.3 Å². The molecule has 1 amide bonds. The first-order chi connectivity index (χ1) is 7.09. The first-order valence-corrected chi connectivity index (χ1v) is 4.47. The third-order valence-electron chi connectivity index (χ3n) is 2.26. The van der Waals surface area contributed by atoms with Crippen LogP contribution in [0.5, 0.6) is 0 Å². The standard InChI is InChI=1S/C11H10N2O2/c1-6-3-2-4-7-5-8(10(12)14)11(13)15-9(6)7/h2-5,13H,1H3,(H2,12,14). The molecule has 1 heterocycles. The van der Waals surface area contributed by atoms with Gasteiger partial charge in [-0.2, -0.15) is 0 Å². The van der Waals surface area contributed by atoms with E-state index in [-0.39, 0.29) is 11.1 Å². The quantitative estimate of drug-likeness (QED) is 0.731. The van der Waals surface area contributed by atoms with Gasteiger partial charge in [-0.3, -0.25) is 10.2 Å². The molecule has 2 rings (SSSR count). The van der Waals surface area contributed by atoms with Crippen molar-refractivity contribution in [2.75, 3.05) is 0 Å². The molecule has 3 N–H and O–H groups in total. The van der Waals surface area contributed by atoms with Gasteiger partial charge in [0.2, 0.25) is 5.55 Å². The van der Waals surface area contributed by atoms with E-state index in [1.165, 1.54) is 0 Å². The van der Waals surface area contributed by atoms with Crippen molar-refractivity contribution in [2.45, 2.75) is 6.92 Å². The number of para-hydroxylation sites is 1. The summed E-state index contributed by atoms with van der Waals surface area (Å²) in [5.41, 5.74) is 6.58. The highest BCUT2D eigenvalue weighted by Crippen LogP contribution is 2.16. The lowest BCUT2D eigenvalue weighted by Crippen LogP contribution is -2.20. The van der Waals surface area contributed by atoms with Crippen molar-refractivity contribution in [3.05, 3.63) is 40.9 Å². The SMILES string of the molecule is Cc1cccc2cc(C(N)=O)c(=N)oc12. The lowest BCUT2D eigenvalue weighted by atomic mass is 10.1. The summed E-state index contributed by atoms with van der Waals surface area (Å²) in [7, 11) is 0. The second-order valence-electron chi connectivity index (χ2n) is 3.35. The minimum atomic E-state index is -0.646. The number of primary amides is 1. The van der Waals surface area contributed by atoms with E-state index < -0.39 is 5.91 Å². The Morgan fingerprint density at radius 3 is 2.87 bits per heavy atom. The smallest absolute Gasteiger partial charge is 0.254 e. The summed E-state index contributed by atoms with van der Waals surface area (Å²) >= 11 is 0. The second kappa shape index (κ2) is 3.24. The van der Waals surface area contributed by atoms with Crippen molar-refractivity contribution in [1.29, 1.82) is 5.41 Å². The maximum absolute atomic E-state index is 11.0. The third-order valence-corrected chi connectivity index (χ3v) is 2.26. The van der Waals surface area contributed by atoms with Gasteiger partial charge >= 0.3 is 0 Å². The van der Waals surface area contributed by atoms with Crippen molar-refractivity contribution in [3.63, 3.8) is 0 Å². The molecule has 0 bridgehead atoms. The summed E-state index contributed by atoms with van der Waals surface area (Å²) in [6.07, 6.45) is 0. The zero-order valence-electron chi connectivity index (χ0n) is 8.20. The molecule has 76 valence electrons. The van der Waals surface area contributed by atoms with E-state index in [9.17, 15) is 4.79 Å². The molecule has 1 aromatic heterocycles. The number of hydrogen-bond acceptors (Lipinski definition) is 3. The van der Waals surface area contributed by atoms with E-state index in [1.807, 2.05) is 25.1 Å². The van der Waals surface area contributed by atoms with Gasteiger partial charge in [0.15, 0.2) is 0 Å². The molecule has 2 aromatic rings. The van der Waals surface area contributed by atoms with E-state index in [4.69, 9.17) is 15.6 Å². The van der Waals surface area contributed by atoms with E-state index in [2.05, 4.69) is 0 Å². The predicted octanol–water partition coefficient (Wildman–Crippen LogP) is 1.32. The van der Waals surface area contributed by atoms with Gasteiger partial charge in [0, 0.05) is 5.39 Å². The lowest BCUT2D eigenvalue weighted by molar-refractivity contribution is 0.0996. The fourth-order valence-corrected chi connectivity index (χ4v) is 1.49. The average molecular weight is 202 g/mol. The van der Waals surface area contributed by atoms with Crippen LogP contribution in [0.15, 0.2) is 28.7 Å². The summed E-state index contributed by atoms with van der Waals surface area (Å²) < 4.78 is 5.25. The van der Waals surface area contributed by atoms with Crippen LogP contribution in [0, 0.1) is 12.3 Å². The fourth-order valence-electron chi connectivity index (χ4n) is 1.49. The normalized spacial score (nSPS) is 10.5. The van der Waals surface area contributed by atoms with E-state index in [0.717, 1.165) is 10.9 Å². The lowest BCUT2D eigenvalue weighted by Gasteiger charge is -2.02. The summed E-state index contributed by atoms with van der Waals surface area (Å²) in [6, 6.07) is 7.14. The molecule has 0 aliphatic rings. The molecule has 4 nitrogen and oxygen atoms in total. The van der Waals surface area contributed by atoms with Gasteiger partial charge in [-0.1, -0.05) is 18.2 Å². The maximum atomic E-state index is 11.0. The van der Waals surface area contributed by atoms with Crippen LogP contribution >= 0.6 is 0 Å². The molecule has 4 heteroatoms. The first kappa shape index (κ1) is 9.45. The van der Waals surface area contributed by atoms with E-state index in [0.29, 0.717) is 5.58 Å². The minimum absolute atomic E-state index is 0.105. The fraction of sp³-hybridized carbons (Fsp3) is 0.0909. The Labute approximate surface area is 85.8 Å². The third kappa shape index (κ3) is 1.50. The van der Waals surface area contributed by atoms with Gasteiger partial charge in [-0.15, -0.1) is 0 Å². The van der Waals surface area contributed by atoms with Crippen LogP contribution in [0.3, 0.4) is 0 Å². The van der Waals surface area contributed by atoms with Gasteiger partial charge in [-0.25, -0.2) is 0 Å². The highest BCUT2D eigenvalue weighted by molar-refractivity contribution is 5.95. The summed E-state index contributed by atoms with van der Waals surface area (Å²) in [5.74, 6) is -0.646. The molecule has 0 radical (unpaired) electrons. The van der Waals surface area contributed by atoms with Gasteiger partial charge in [0.1, 0.15) is 11.1 Å². The Balaban J connectivity index is 2.88. The number of hydrogen-bond donors (Lipinski definition) is 2. The Morgan fingerprint density at radius 1 is 1.47 bits per heavy atom. The highest BCUT2D eigenvalue weighted by Gasteiger charge is 2.08. The number of aryl methyl sites for hydroxylation is 1. The second-order valence-corrected chi connectivity index (χ2v) is 3.35. The van der Waals surface area contributed by atoms with Crippen molar-refractivity contribution in [2.24, 2.45) is 5.73 Å². The van der Waals surface area contributed by atoms with Crippen LogP contribution in [-0.4, -0.2) is 5.91 Å². The number of rotatable bonds is 1. The Kier molecular flexibility index (Phi) is 2.04. The van der Waals surface area contributed by atoms with Gasteiger partial charge in [0.25, 0.3) is 5.91 Å². The van der Waals surface area contributed by atoms with Crippen LogP contribution in [0.2, 0.25) is 0 Å². The Bertz CT molecular complexity index is 599. The molecule has 0 aliphatic carbocycles. The van der Waals surface area contributed by atoms with Gasteiger partial charge < -0.3 is 10.2 Å². The van der Waals surface area contributed by atoms with Crippen molar-refractivity contribution in [3.8, 4) is 0 Å². The number of carbonyl (C=O) groups is 1. The Morgan fingerprint density at radius 2 is 2.20 bits per heavy atom. The zero-order chi connectivity index (χ0) is 11.0. The minimum Gasteiger partial charge on any atom is -0.438 e. The molecule has 0 unspecified atom stereocenters. The summed E-state index contributed by atoms with van der Waals surface area (Å²) in [4.78, 5) is 11.0. The molecule has 0 saturated heterocycles. The van der Waals surface area contributed by atoms with Crippen LogP contribution in [0.1, 0.15) is 15.9 Å². The number of nitrogens with one attached hydrogen (secondary N) is 1. The summed E-state index contributed by atoms with van der Waals surface area (Å²) in [5, 5.41) is 8.29. The topological polar surface area (TPSA) is 80.1 Å². The molecule has 0 atom stereocenters. The van der Waals surface area contributed by atoms with E-state index in [1.54, 1.807) is 6.07 Å². The number of fused-ring (bicyclic) bond motifs is 1. The van der Waals surface area contributed by atoms with Crippen molar-refractivity contribution >= 4 is 16.9 Å². The number of nitrogens with two attached hydrogens (primary N) is 1. The molecular formula is C11H10N2O2. The number of carbonyl (C=O) groups excluding carboxylic acids is 1. The molecule has 0 fully saturated rings. The van der Waals surface area contributed by atoms with Gasteiger partial charge in [-0.05, 0) is 18.6 Å². The van der Waals surface area contributed by atoms with E-state index >= 15 is 0 Å². The first-order valence-electron chi connectivity index (χ1n) is 4.47. The maximum Gasteiger partial charge on any atom is 0.254 e. The molecular weight excluding hydrogens is 192 g/mol. The summed E-state index contributed by atoms with van der Waals surface area (Å²) in [6.45, 7) is 1.88. The zero-order valence-corrected chi connectivity index (χ0v) is 8.20. The average Bonchev–Trinajstić information content (AvgIpc) is 2.18. The van der Waals surface area contributed by atoms with Gasteiger partial charge in [0.05, 0.1) is 0 Å².